The van der Waals surface area contributed by atoms with Crippen LogP contribution >= 0.6 is 0 Å². The van der Waals surface area contributed by atoms with Crippen LogP contribution < -0.4 is 26.4 Å². The van der Waals surface area contributed by atoms with Crippen LogP contribution in [0.4, 0.5) is 34.1 Å². The maximum atomic E-state index is 7.80. The van der Waals surface area contributed by atoms with Crippen molar-refractivity contribution in [3.05, 3.63) is 136 Å². The molecule has 0 saturated heterocycles. The normalized spacial score (nSPS) is 18.5. The highest BCUT2D eigenvalue weighted by Gasteiger charge is 2.53. The summed E-state index contributed by atoms with van der Waals surface area (Å²) in [5.41, 5.74) is 23.6. The third-order valence-electron chi connectivity index (χ3n) is 18.1. The number of rotatable bonds is 6. The Bertz CT molecular complexity index is 3050. The van der Waals surface area contributed by atoms with Crippen molar-refractivity contribution in [2.75, 3.05) is 9.80 Å². The van der Waals surface area contributed by atoms with Crippen LogP contribution in [0.2, 0.25) is 0 Å². The first kappa shape index (κ1) is 48.7. The fourth-order valence-electron chi connectivity index (χ4n) is 12.8. The Hall–Kier alpha value is -4.96. The second-order valence-electron chi connectivity index (χ2n) is 27.8. The Morgan fingerprint density at radius 3 is 1.59 bits per heavy atom. The average Bonchev–Trinajstić information content (AvgIpc) is 3.71. The van der Waals surface area contributed by atoms with Crippen molar-refractivity contribution in [2.45, 2.75) is 207 Å². The molecule has 3 nitrogen and oxygen atoms in total. The molecule has 3 heterocycles. The molecule has 10 rings (SSSR count). The minimum absolute atomic E-state index is 0.0252. The Kier molecular flexibility index (Phi) is 11.0. The molecule has 70 heavy (non-hydrogen) atoms. The van der Waals surface area contributed by atoms with E-state index in [4.69, 9.17) is 4.42 Å². The topological polar surface area (TPSA) is 19.6 Å². The standard InChI is InChI=1S/C66H83BN2O/c1-20-62(10,11)48-30-21-41(35-47(48)40(2)3)42-36-53-56-54(37-42)69(46-28-24-44(25-29-46)61(7,8)9)57-55-58(66(18,19)34-33-65(55,16)17)70-59(57)67(56)51-38-49-50(64(14,15)32-31-63(49,12)13)39-52(51)68(53)45-26-22-43(23-27-45)60(4,5)6/h21-30,35-40H,20,31-34H2,1-19H3. The van der Waals surface area contributed by atoms with Gasteiger partial charge >= 0.3 is 0 Å². The molecule has 0 amide bonds. The zero-order valence-electron chi connectivity index (χ0n) is 46.7. The minimum atomic E-state index is -0.119. The zero-order valence-corrected chi connectivity index (χ0v) is 46.7. The van der Waals surface area contributed by atoms with E-state index >= 15 is 0 Å². The van der Waals surface area contributed by atoms with Crippen molar-refractivity contribution < 1.29 is 4.42 Å². The number of benzene rings is 5. The van der Waals surface area contributed by atoms with Crippen LogP contribution in [0.1, 0.15) is 214 Å². The Labute approximate surface area is 424 Å². The predicted molar refractivity (Wildman–Crippen MR) is 304 cm³/mol. The SMILES string of the molecule is CCC(C)(C)c1ccc(-c2cc3c4c(c2)N(c2ccc(C(C)(C)C)cc2)c2c(oc5c2C(C)(C)CCC5(C)C)B4c2cc4c(cc2N3c2ccc(C(C)(C)C)cc2)C(C)(C)CCC4(C)C)cc1C(C)C. The van der Waals surface area contributed by atoms with Gasteiger partial charge in [0.1, 0.15) is 5.76 Å². The maximum absolute atomic E-state index is 7.80. The summed E-state index contributed by atoms with van der Waals surface area (Å²) in [6, 6.07) is 36.9. The molecule has 0 N–H and O–H groups in total. The Morgan fingerprint density at radius 2 is 1.06 bits per heavy atom. The van der Waals surface area contributed by atoms with Crippen molar-refractivity contribution in [3.63, 3.8) is 0 Å². The van der Waals surface area contributed by atoms with Gasteiger partial charge in [0.2, 0.25) is 0 Å². The van der Waals surface area contributed by atoms with Gasteiger partial charge in [-0.05, 0) is 168 Å². The maximum Gasteiger partial charge on any atom is 0.297 e. The van der Waals surface area contributed by atoms with E-state index in [-0.39, 0.29) is 44.6 Å². The number of fused-ring (bicyclic) bond motifs is 7. The van der Waals surface area contributed by atoms with Crippen LogP contribution in [0.25, 0.3) is 11.1 Å². The molecule has 0 saturated carbocycles. The van der Waals surface area contributed by atoms with E-state index in [2.05, 4.69) is 232 Å². The van der Waals surface area contributed by atoms with Crippen molar-refractivity contribution in [3.8, 4) is 11.1 Å². The molecule has 1 aromatic heterocycles. The molecule has 366 valence electrons. The minimum Gasteiger partial charge on any atom is -0.472 e. The van der Waals surface area contributed by atoms with Crippen molar-refractivity contribution in [1.29, 1.82) is 0 Å². The second kappa shape index (κ2) is 15.8. The summed E-state index contributed by atoms with van der Waals surface area (Å²) in [5.74, 6) is 1.55. The van der Waals surface area contributed by atoms with Gasteiger partial charge in [-0.3, -0.25) is 0 Å². The number of hydrogen-bond donors (Lipinski definition) is 0. The molecule has 0 unspecified atom stereocenters. The lowest BCUT2D eigenvalue weighted by atomic mass is 9.35. The number of nitrogens with zero attached hydrogens (tertiary/aromatic N) is 2. The van der Waals surface area contributed by atoms with E-state index in [0.717, 1.165) is 43.5 Å². The molecule has 0 radical (unpaired) electrons. The molecule has 2 aliphatic heterocycles. The monoisotopic (exact) mass is 931 g/mol. The average molecular weight is 931 g/mol. The first-order valence-corrected chi connectivity index (χ1v) is 27.0. The van der Waals surface area contributed by atoms with Crippen LogP contribution in [0.15, 0.2) is 95.4 Å². The summed E-state index contributed by atoms with van der Waals surface area (Å²) < 4.78 is 7.80. The first-order valence-electron chi connectivity index (χ1n) is 27.0. The van der Waals surface area contributed by atoms with Gasteiger partial charge in [-0.25, -0.2) is 0 Å². The van der Waals surface area contributed by atoms with Crippen molar-refractivity contribution >= 4 is 57.4 Å². The highest BCUT2D eigenvalue weighted by Crippen LogP contribution is 2.56. The number of hydrogen-bond acceptors (Lipinski definition) is 3. The molecule has 5 aromatic carbocycles. The van der Waals surface area contributed by atoms with Crippen LogP contribution in [-0.4, -0.2) is 6.71 Å². The summed E-state index contributed by atoms with van der Waals surface area (Å²) in [5, 5.41) is 0. The Balaban J connectivity index is 1.38. The van der Waals surface area contributed by atoms with E-state index < -0.39 is 0 Å². The van der Waals surface area contributed by atoms with Crippen molar-refractivity contribution in [1.82, 2.24) is 0 Å². The zero-order chi connectivity index (χ0) is 50.6. The van der Waals surface area contributed by atoms with Crippen LogP contribution in [0.5, 0.6) is 0 Å². The van der Waals surface area contributed by atoms with Crippen LogP contribution in [-0.2, 0) is 37.9 Å². The van der Waals surface area contributed by atoms with E-state index in [1.807, 2.05) is 0 Å². The first-order chi connectivity index (χ1) is 32.5. The number of anilines is 6. The van der Waals surface area contributed by atoms with Gasteiger partial charge < -0.3 is 14.2 Å². The van der Waals surface area contributed by atoms with Crippen molar-refractivity contribution in [2.24, 2.45) is 0 Å². The van der Waals surface area contributed by atoms with Gasteiger partial charge in [0.15, 0.2) is 0 Å². The lowest BCUT2D eigenvalue weighted by Crippen LogP contribution is -2.61. The van der Waals surface area contributed by atoms with Gasteiger partial charge in [-0.1, -0.05) is 180 Å². The molecule has 4 aliphatic rings. The van der Waals surface area contributed by atoms with Gasteiger partial charge in [-0.2, -0.15) is 0 Å². The van der Waals surface area contributed by atoms with E-state index in [1.54, 1.807) is 0 Å². The quantitative estimate of drug-likeness (QED) is 0.155. The molecular formula is C66H83BN2O. The van der Waals surface area contributed by atoms with E-state index in [1.165, 1.54) is 95.1 Å². The van der Waals surface area contributed by atoms with Crippen LogP contribution in [0.3, 0.4) is 0 Å². The molecule has 0 atom stereocenters. The molecule has 0 fully saturated rings. The highest BCUT2D eigenvalue weighted by molar-refractivity contribution is 6.99. The van der Waals surface area contributed by atoms with Gasteiger partial charge in [0, 0.05) is 39.4 Å². The van der Waals surface area contributed by atoms with E-state index in [0.29, 0.717) is 5.92 Å². The molecule has 6 aromatic rings. The summed E-state index contributed by atoms with van der Waals surface area (Å²) in [4.78, 5) is 5.31. The predicted octanol–water partition coefficient (Wildman–Crippen LogP) is 17.1. The molecular weight excluding hydrogens is 848 g/mol. The third kappa shape index (κ3) is 7.57. The Morgan fingerprint density at radius 1 is 0.557 bits per heavy atom. The van der Waals surface area contributed by atoms with Gasteiger partial charge in [0.25, 0.3) is 6.71 Å². The summed E-state index contributed by atoms with van der Waals surface area (Å²) >= 11 is 0. The third-order valence-corrected chi connectivity index (χ3v) is 18.1. The fraction of sp³-hybridized carbons (Fsp3) is 0.485. The van der Waals surface area contributed by atoms with Gasteiger partial charge in [0.05, 0.1) is 11.3 Å². The smallest absolute Gasteiger partial charge is 0.297 e. The fourth-order valence-corrected chi connectivity index (χ4v) is 12.8. The second-order valence-corrected chi connectivity index (χ2v) is 27.8. The summed E-state index contributed by atoms with van der Waals surface area (Å²) in [6.07, 6.45) is 5.59. The van der Waals surface area contributed by atoms with E-state index in [9.17, 15) is 0 Å². The molecule has 0 spiro atoms. The lowest BCUT2D eigenvalue weighted by molar-refractivity contribution is 0.282. The molecule has 0 bridgehead atoms. The molecule has 4 heteroatoms. The van der Waals surface area contributed by atoms with Gasteiger partial charge in [-0.15, -0.1) is 0 Å². The highest BCUT2D eigenvalue weighted by atomic mass is 16.3. The summed E-state index contributed by atoms with van der Waals surface area (Å²) in [6.45, 7) is 45.4. The lowest BCUT2D eigenvalue weighted by Gasteiger charge is -2.47. The number of furan rings is 1. The summed E-state index contributed by atoms with van der Waals surface area (Å²) in [7, 11) is 0. The molecule has 2 aliphatic carbocycles. The van der Waals surface area contributed by atoms with Crippen LogP contribution in [0, 0.1) is 0 Å². The largest absolute Gasteiger partial charge is 0.472 e.